The van der Waals surface area contributed by atoms with E-state index in [1.165, 1.54) is 24.2 Å². The van der Waals surface area contributed by atoms with Crippen molar-refractivity contribution >= 4 is 21.6 Å². The van der Waals surface area contributed by atoms with E-state index in [4.69, 9.17) is 0 Å². The quantitative estimate of drug-likeness (QED) is 0.632. The van der Waals surface area contributed by atoms with Crippen molar-refractivity contribution in [2.45, 2.75) is 38.0 Å². The first kappa shape index (κ1) is 23.3. The second kappa shape index (κ2) is 10.3. The Morgan fingerprint density at radius 2 is 1.81 bits per heavy atom. The fourth-order valence-electron chi connectivity index (χ4n) is 3.92. The Bertz CT molecular complexity index is 984. The number of likely N-dealkylation sites (tertiary alicyclic amines) is 1. The molecule has 1 N–H and O–H groups in total. The maximum Gasteiger partial charge on any atom is 0.264 e. The Kier molecular flexibility index (Phi) is 7.73. The summed E-state index contributed by atoms with van der Waals surface area (Å²) in [6, 6.07) is 13.5. The molecule has 1 heterocycles. The highest BCUT2D eigenvalue weighted by Gasteiger charge is 2.22. The average molecular weight is 444 g/mol. The number of piperidine rings is 1. The molecule has 0 spiro atoms. The zero-order chi connectivity index (χ0) is 22.4. The van der Waals surface area contributed by atoms with Gasteiger partial charge in [0, 0.05) is 19.2 Å². The van der Waals surface area contributed by atoms with E-state index in [1.54, 1.807) is 48.5 Å². The summed E-state index contributed by atoms with van der Waals surface area (Å²) >= 11 is 0. The number of nitrogens with zero attached hydrogens (tertiary/aromatic N) is 2. The molecule has 2 aromatic rings. The second-order valence-corrected chi connectivity index (χ2v) is 10.4. The molecule has 168 valence electrons. The monoisotopic (exact) mass is 443 g/mol. The normalized spacial score (nSPS) is 15.6. The Labute approximate surface area is 186 Å². The Balaban J connectivity index is 1.56. The first-order chi connectivity index (χ1) is 14.8. The lowest BCUT2D eigenvalue weighted by Crippen LogP contribution is -2.35. The number of carbonyl (C=O) groups is 1. The number of sulfonamides is 1. The van der Waals surface area contributed by atoms with Gasteiger partial charge in [0.25, 0.3) is 15.9 Å². The van der Waals surface area contributed by atoms with Gasteiger partial charge in [-0.05, 0) is 87.6 Å². The number of rotatable bonds is 8. The Morgan fingerprint density at radius 1 is 1.13 bits per heavy atom. The number of benzene rings is 2. The minimum absolute atomic E-state index is 0.129. The molecular weight excluding hydrogens is 410 g/mol. The lowest BCUT2D eigenvalue weighted by Gasteiger charge is -2.30. The number of amides is 1. The number of anilines is 1. The second-order valence-electron chi connectivity index (χ2n) is 8.42. The smallest absolute Gasteiger partial charge is 0.264 e. The van der Waals surface area contributed by atoms with Crippen molar-refractivity contribution < 1.29 is 13.2 Å². The van der Waals surface area contributed by atoms with Crippen LogP contribution in [0.5, 0.6) is 0 Å². The van der Waals surface area contributed by atoms with Gasteiger partial charge >= 0.3 is 0 Å². The first-order valence-corrected chi connectivity index (χ1v) is 12.4. The molecule has 0 saturated carbocycles. The van der Waals surface area contributed by atoms with Crippen LogP contribution in [-0.2, 0) is 10.0 Å². The van der Waals surface area contributed by atoms with Crippen molar-refractivity contribution in [1.82, 2.24) is 10.2 Å². The third kappa shape index (κ3) is 5.86. The average Bonchev–Trinajstić information content (AvgIpc) is 2.77. The summed E-state index contributed by atoms with van der Waals surface area (Å²) in [5.74, 6) is 0.694. The highest BCUT2D eigenvalue weighted by atomic mass is 32.2. The van der Waals surface area contributed by atoms with Crippen LogP contribution < -0.4 is 9.62 Å². The van der Waals surface area contributed by atoms with Gasteiger partial charge in [-0.2, -0.15) is 0 Å². The summed E-state index contributed by atoms with van der Waals surface area (Å²) in [6.07, 6.45) is 3.44. The van der Waals surface area contributed by atoms with Crippen molar-refractivity contribution in [3.05, 3.63) is 59.7 Å². The van der Waals surface area contributed by atoms with Crippen molar-refractivity contribution in [2.24, 2.45) is 5.92 Å². The van der Waals surface area contributed by atoms with Crippen LogP contribution in [0.15, 0.2) is 53.4 Å². The molecule has 7 heteroatoms. The number of carbonyl (C=O) groups excluding carboxylic acids is 1. The van der Waals surface area contributed by atoms with Gasteiger partial charge in [-0.25, -0.2) is 8.42 Å². The maximum atomic E-state index is 12.9. The molecule has 1 aliphatic heterocycles. The molecule has 1 amide bonds. The minimum Gasteiger partial charge on any atom is -0.352 e. The van der Waals surface area contributed by atoms with Gasteiger partial charge in [-0.3, -0.25) is 9.10 Å². The van der Waals surface area contributed by atoms with Crippen LogP contribution >= 0.6 is 0 Å². The molecule has 1 fully saturated rings. The predicted octanol–water partition coefficient (Wildman–Crippen LogP) is 3.67. The Morgan fingerprint density at radius 3 is 2.45 bits per heavy atom. The van der Waals surface area contributed by atoms with Gasteiger partial charge in [0.1, 0.15) is 0 Å². The van der Waals surface area contributed by atoms with Crippen LogP contribution in [0.25, 0.3) is 0 Å². The van der Waals surface area contributed by atoms with Crippen molar-refractivity contribution in [3.63, 3.8) is 0 Å². The molecule has 0 radical (unpaired) electrons. The molecule has 6 nitrogen and oxygen atoms in total. The molecular formula is C24H33N3O3S. The third-order valence-corrected chi connectivity index (χ3v) is 7.80. The summed E-state index contributed by atoms with van der Waals surface area (Å²) in [5, 5.41) is 2.98. The summed E-state index contributed by atoms with van der Waals surface area (Å²) in [7, 11) is -2.12. The molecule has 0 unspecified atom stereocenters. The van der Waals surface area contributed by atoms with Gasteiger partial charge < -0.3 is 10.2 Å². The highest BCUT2D eigenvalue weighted by Crippen LogP contribution is 2.26. The standard InChI is InChI=1S/C24H33N3O3S/c1-19-12-16-27(17-13-19)15-7-14-25-24(28)21-10-11-23(20(2)18-21)26(3)31(29,30)22-8-5-4-6-9-22/h4-6,8-11,18-19H,7,12-17H2,1-3H3,(H,25,28). The van der Waals surface area contributed by atoms with Gasteiger partial charge in [0.2, 0.25) is 0 Å². The van der Waals surface area contributed by atoms with Gasteiger partial charge in [-0.1, -0.05) is 25.1 Å². The van der Waals surface area contributed by atoms with Gasteiger partial charge in [0.15, 0.2) is 0 Å². The van der Waals surface area contributed by atoms with E-state index < -0.39 is 10.0 Å². The van der Waals surface area contributed by atoms with Crippen LogP contribution in [0.4, 0.5) is 5.69 Å². The van der Waals surface area contributed by atoms with Crippen molar-refractivity contribution in [2.75, 3.05) is 37.5 Å². The van der Waals surface area contributed by atoms with E-state index in [-0.39, 0.29) is 10.8 Å². The molecule has 0 bridgehead atoms. The van der Waals surface area contributed by atoms with E-state index in [0.29, 0.717) is 17.8 Å². The minimum atomic E-state index is -3.65. The van der Waals surface area contributed by atoms with Gasteiger partial charge in [-0.15, -0.1) is 0 Å². The summed E-state index contributed by atoms with van der Waals surface area (Å²) in [5.41, 5.74) is 1.83. The lowest BCUT2D eigenvalue weighted by molar-refractivity contribution is 0.0950. The Hall–Kier alpha value is -2.38. The molecule has 1 saturated heterocycles. The first-order valence-electron chi connectivity index (χ1n) is 10.9. The number of aryl methyl sites for hydroxylation is 1. The van der Waals surface area contributed by atoms with Crippen LogP contribution in [0.2, 0.25) is 0 Å². The molecule has 31 heavy (non-hydrogen) atoms. The predicted molar refractivity (Wildman–Crippen MR) is 125 cm³/mol. The van der Waals surface area contributed by atoms with Crippen molar-refractivity contribution in [3.8, 4) is 0 Å². The lowest BCUT2D eigenvalue weighted by atomic mass is 9.99. The van der Waals surface area contributed by atoms with Crippen LogP contribution in [0, 0.1) is 12.8 Å². The fraction of sp³-hybridized carbons (Fsp3) is 0.458. The molecule has 0 aromatic heterocycles. The van der Waals surface area contributed by atoms with Crippen molar-refractivity contribution in [1.29, 1.82) is 0 Å². The summed E-state index contributed by atoms with van der Waals surface area (Å²) in [4.78, 5) is 15.2. The summed E-state index contributed by atoms with van der Waals surface area (Å²) in [6.45, 7) is 8.06. The fourth-order valence-corrected chi connectivity index (χ4v) is 5.20. The number of hydrogen-bond acceptors (Lipinski definition) is 4. The number of hydrogen-bond donors (Lipinski definition) is 1. The number of nitrogens with one attached hydrogen (secondary N) is 1. The summed E-state index contributed by atoms with van der Waals surface area (Å²) < 4.78 is 27.0. The van der Waals surface area contributed by atoms with E-state index in [0.717, 1.165) is 37.5 Å². The SMILES string of the molecule is Cc1cc(C(=O)NCCCN2CCC(C)CC2)ccc1N(C)S(=O)(=O)c1ccccc1. The van der Waals surface area contributed by atoms with Gasteiger partial charge in [0.05, 0.1) is 10.6 Å². The third-order valence-electron chi connectivity index (χ3n) is 6.01. The maximum absolute atomic E-state index is 12.9. The zero-order valence-electron chi connectivity index (χ0n) is 18.7. The molecule has 0 aliphatic carbocycles. The van der Waals surface area contributed by atoms with Crippen LogP contribution in [-0.4, -0.2) is 52.5 Å². The largest absolute Gasteiger partial charge is 0.352 e. The van der Waals surface area contributed by atoms with Crippen LogP contribution in [0.1, 0.15) is 42.1 Å². The molecule has 1 aliphatic rings. The van der Waals surface area contributed by atoms with Crippen LogP contribution in [0.3, 0.4) is 0 Å². The topological polar surface area (TPSA) is 69.7 Å². The zero-order valence-corrected chi connectivity index (χ0v) is 19.5. The van der Waals surface area contributed by atoms with E-state index >= 15 is 0 Å². The van der Waals surface area contributed by atoms with E-state index in [9.17, 15) is 13.2 Å². The molecule has 2 aromatic carbocycles. The van der Waals surface area contributed by atoms with E-state index in [2.05, 4.69) is 17.1 Å². The van der Waals surface area contributed by atoms with E-state index in [1.807, 2.05) is 6.92 Å². The molecule has 3 rings (SSSR count). The highest BCUT2D eigenvalue weighted by molar-refractivity contribution is 7.92. The molecule has 0 atom stereocenters.